The van der Waals surface area contributed by atoms with Gasteiger partial charge in [0.2, 0.25) is 0 Å². The van der Waals surface area contributed by atoms with E-state index in [-0.39, 0.29) is 18.4 Å². The van der Waals surface area contributed by atoms with Gasteiger partial charge in [0.15, 0.2) is 0 Å². The van der Waals surface area contributed by atoms with Crippen molar-refractivity contribution < 1.29 is 27.0 Å². The lowest BCUT2D eigenvalue weighted by Crippen LogP contribution is -2.33. The zero-order valence-electron chi connectivity index (χ0n) is 11.3. The van der Waals surface area contributed by atoms with Crippen LogP contribution in [0.2, 0.25) is 0 Å². The number of ether oxygens (including phenoxy) is 2. The molecule has 7 heteroatoms. The van der Waals surface area contributed by atoms with E-state index in [1.807, 2.05) is 6.92 Å². The Morgan fingerprint density at radius 1 is 1.30 bits per heavy atom. The van der Waals surface area contributed by atoms with Crippen LogP contribution in [0.1, 0.15) is 12.5 Å². The van der Waals surface area contributed by atoms with Crippen LogP contribution in [-0.2, 0) is 10.9 Å². The second kappa shape index (κ2) is 7.44. The average Bonchev–Trinajstić information content (AvgIpc) is 2.35. The highest BCUT2D eigenvalue weighted by Crippen LogP contribution is 2.33. The minimum absolute atomic E-state index is 0.0140. The fourth-order valence-corrected chi connectivity index (χ4v) is 1.59. The van der Waals surface area contributed by atoms with Gasteiger partial charge in [0.25, 0.3) is 0 Å². The molecule has 3 nitrogen and oxygen atoms in total. The highest BCUT2D eigenvalue weighted by molar-refractivity contribution is 5.31. The first-order chi connectivity index (χ1) is 9.34. The molecule has 0 bridgehead atoms. The Morgan fingerprint density at radius 3 is 2.60 bits per heavy atom. The Labute approximate surface area is 114 Å². The molecule has 0 aliphatic heterocycles. The molecule has 1 aromatic carbocycles. The number of halogens is 4. The van der Waals surface area contributed by atoms with Crippen LogP contribution in [0.25, 0.3) is 0 Å². The summed E-state index contributed by atoms with van der Waals surface area (Å²) in [5.41, 5.74) is -1.32. The smallest absolute Gasteiger partial charge is 0.419 e. The van der Waals surface area contributed by atoms with E-state index in [1.54, 1.807) is 7.11 Å². The second-order valence-corrected chi connectivity index (χ2v) is 4.30. The first kappa shape index (κ1) is 16.7. The predicted molar refractivity (Wildman–Crippen MR) is 66.2 cm³/mol. The van der Waals surface area contributed by atoms with E-state index in [9.17, 15) is 17.6 Å². The lowest BCUT2D eigenvalue weighted by Gasteiger charge is -2.14. The molecule has 1 unspecified atom stereocenters. The maximum atomic E-state index is 13.0. The van der Waals surface area contributed by atoms with E-state index in [4.69, 9.17) is 9.47 Å². The second-order valence-electron chi connectivity index (χ2n) is 4.30. The van der Waals surface area contributed by atoms with Crippen molar-refractivity contribution in [3.05, 3.63) is 29.6 Å². The lowest BCUT2D eigenvalue weighted by atomic mass is 10.2. The number of rotatable bonds is 7. The molecule has 0 aliphatic rings. The lowest BCUT2D eigenvalue weighted by molar-refractivity contribution is -0.140. The fraction of sp³-hybridized carbons (Fsp3) is 0.538. The Hall–Kier alpha value is -1.34. The van der Waals surface area contributed by atoms with Crippen LogP contribution < -0.4 is 10.1 Å². The zero-order chi connectivity index (χ0) is 15.2. The minimum Gasteiger partial charge on any atom is -0.492 e. The van der Waals surface area contributed by atoms with Crippen LogP contribution in [0, 0.1) is 5.82 Å². The average molecular weight is 295 g/mol. The van der Waals surface area contributed by atoms with Crippen LogP contribution in [0.4, 0.5) is 17.6 Å². The summed E-state index contributed by atoms with van der Waals surface area (Å²) in [6, 6.07) is 2.69. The summed E-state index contributed by atoms with van der Waals surface area (Å²) in [7, 11) is 1.58. The highest BCUT2D eigenvalue weighted by atomic mass is 19.4. The van der Waals surface area contributed by atoms with Crippen LogP contribution in [0.5, 0.6) is 5.75 Å². The molecular weight excluding hydrogens is 278 g/mol. The van der Waals surface area contributed by atoms with E-state index in [1.165, 1.54) is 6.07 Å². The van der Waals surface area contributed by atoms with Gasteiger partial charge < -0.3 is 14.8 Å². The molecule has 0 saturated carbocycles. The van der Waals surface area contributed by atoms with Gasteiger partial charge in [-0.3, -0.25) is 0 Å². The molecule has 0 aromatic heterocycles. The molecular formula is C13H17F4NO2. The maximum absolute atomic E-state index is 13.0. The summed E-state index contributed by atoms with van der Waals surface area (Å²) in [4.78, 5) is 0. The van der Waals surface area contributed by atoms with Gasteiger partial charge in [0.05, 0.1) is 12.2 Å². The number of benzene rings is 1. The number of hydrogen-bond acceptors (Lipinski definition) is 3. The Bertz CT molecular complexity index is 423. The molecule has 1 rings (SSSR count). The molecule has 0 fully saturated rings. The van der Waals surface area contributed by atoms with Crippen LogP contribution in [0.15, 0.2) is 18.2 Å². The van der Waals surface area contributed by atoms with Crippen molar-refractivity contribution in [3.8, 4) is 5.75 Å². The molecule has 0 heterocycles. The first-order valence-electron chi connectivity index (χ1n) is 6.06. The largest absolute Gasteiger partial charge is 0.492 e. The molecule has 1 N–H and O–H groups in total. The van der Waals surface area contributed by atoms with Crippen molar-refractivity contribution in [1.29, 1.82) is 0 Å². The van der Waals surface area contributed by atoms with Gasteiger partial charge in [0.1, 0.15) is 18.2 Å². The maximum Gasteiger partial charge on any atom is 0.419 e. The first-order valence-corrected chi connectivity index (χ1v) is 6.06. The van der Waals surface area contributed by atoms with Crippen molar-refractivity contribution in [1.82, 2.24) is 5.32 Å². The van der Waals surface area contributed by atoms with Crippen LogP contribution in [0.3, 0.4) is 0 Å². The van der Waals surface area contributed by atoms with Gasteiger partial charge >= 0.3 is 6.18 Å². The monoisotopic (exact) mass is 295 g/mol. The van der Waals surface area contributed by atoms with E-state index in [2.05, 4.69) is 5.32 Å². The van der Waals surface area contributed by atoms with Gasteiger partial charge in [0, 0.05) is 19.7 Å². The summed E-state index contributed by atoms with van der Waals surface area (Å²) in [6.07, 6.45) is -4.73. The van der Waals surface area contributed by atoms with Crippen molar-refractivity contribution in [2.24, 2.45) is 0 Å². The third-order valence-electron chi connectivity index (χ3n) is 2.52. The van der Waals surface area contributed by atoms with E-state index < -0.39 is 17.6 Å². The molecule has 114 valence electrons. The molecule has 1 aromatic rings. The third-order valence-corrected chi connectivity index (χ3v) is 2.52. The van der Waals surface area contributed by atoms with Crippen molar-refractivity contribution in [2.45, 2.75) is 19.1 Å². The number of alkyl halides is 3. The summed E-state index contributed by atoms with van der Waals surface area (Å²) in [5, 5.41) is 3.06. The Morgan fingerprint density at radius 2 is 2.00 bits per heavy atom. The minimum atomic E-state index is -4.73. The van der Waals surface area contributed by atoms with Crippen LogP contribution in [-0.4, -0.2) is 32.9 Å². The van der Waals surface area contributed by atoms with E-state index in [0.29, 0.717) is 19.2 Å². The molecule has 0 aliphatic carbocycles. The SMILES string of the molecule is COCC(C)NCCOc1ccc(F)c(C(F)(F)F)c1. The van der Waals surface area contributed by atoms with Crippen LogP contribution >= 0.6 is 0 Å². The Balaban J connectivity index is 2.49. The molecule has 20 heavy (non-hydrogen) atoms. The van der Waals surface area contributed by atoms with Gasteiger partial charge in [-0.25, -0.2) is 4.39 Å². The summed E-state index contributed by atoms with van der Waals surface area (Å²) in [6.45, 7) is 3.05. The fourth-order valence-electron chi connectivity index (χ4n) is 1.59. The van der Waals surface area contributed by atoms with E-state index in [0.717, 1.165) is 6.07 Å². The van der Waals surface area contributed by atoms with Gasteiger partial charge in [-0.05, 0) is 25.1 Å². The third kappa shape index (κ3) is 5.34. The van der Waals surface area contributed by atoms with Gasteiger partial charge in [-0.2, -0.15) is 13.2 Å². The predicted octanol–water partition coefficient (Wildman–Crippen LogP) is 2.85. The standard InChI is InChI=1S/C13H17F4NO2/c1-9(8-19-2)18-5-6-20-10-3-4-12(14)11(7-10)13(15,16)17/h3-4,7,9,18H,5-6,8H2,1-2H3. The number of nitrogens with one attached hydrogen (secondary N) is 1. The van der Waals surface area contributed by atoms with Crippen molar-refractivity contribution in [2.75, 3.05) is 26.9 Å². The van der Waals surface area contributed by atoms with Gasteiger partial charge in [-0.1, -0.05) is 0 Å². The molecule has 1 atom stereocenters. The zero-order valence-corrected chi connectivity index (χ0v) is 11.3. The van der Waals surface area contributed by atoms with Gasteiger partial charge in [-0.15, -0.1) is 0 Å². The van der Waals surface area contributed by atoms with E-state index >= 15 is 0 Å². The Kier molecular flexibility index (Phi) is 6.22. The highest BCUT2D eigenvalue weighted by Gasteiger charge is 2.34. The molecule has 0 spiro atoms. The summed E-state index contributed by atoms with van der Waals surface area (Å²) in [5.74, 6) is -1.32. The normalized spacial score (nSPS) is 13.3. The van der Waals surface area contributed by atoms with Crippen molar-refractivity contribution >= 4 is 0 Å². The summed E-state index contributed by atoms with van der Waals surface area (Å²) < 4.78 is 60.6. The topological polar surface area (TPSA) is 30.5 Å². The molecule has 0 radical (unpaired) electrons. The van der Waals surface area contributed by atoms with Crippen molar-refractivity contribution in [3.63, 3.8) is 0 Å². The number of methoxy groups -OCH3 is 1. The molecule has 0 saturated heterocycles. The summed E-state index contributed by atoms with van der Waals surface area (Å²) >= 11 is 0. The molecule has 0 amide bonds. The number of hydrogen-bond donors (Lipinski definition) is 1. The quantitative estimate of drug-likeness (QED) is 0.620.